The first kappa shape index (κ1) is 18.2. The van der Waals surface area contributed by atoms with Crippen molar-refractivity contribution < 1.29 is 9.90 Å². The third kappa shape index (κ3) is 5.19. The van der Waals surface area contributed by atoms with E-state index in [1.807, 2.05) is 24.3 Å². The summed E-state index contributed by atoms with van der Waals surface area (Å²) in [4.78, 5) is 16.9. The molecule has 138 valence electrons. The molecule has 3 rings (SSSR count). The van der Waals surface area contributed by atoms with E-state index < -0.39 is 0 Å². The molecule has 2 aliphatic heterocycles. The monoisotopic (exact) mass is 345 g/mol. The van der Waals surface area contributed by atoms with Crippen LogP contribution < -0.4 is 10.2 Å². The molecule has 0 saturated carbocycles. The van der Waals surface area contributed by atoms with Crippen LogP contribution in [0.25, 0.3) is 0 Å². The van der Waals surface area contributed by atoms with Gasteiger partial charge in [0.1, 0.15) is 0 Å². The molecule has 1 aromatic carbocycles. The lowest BCUT2D eigenvalue weighted by molar-refractivity contribution is 0.0949. The maximum Gasteiger partial charge on any atom is 0.251 e. The molecular weight excluding hydrogens is 314 g/mol. The fourth-order valence-corrected chi connectivity index (χ4v) is 3.79. The van der Waals surface area contributed by atoms with Crippen molar-refractivity contribution in [2.24, 2.45) is 5.92 Å². The van der Waals surface area contributed by atoms with Crippen LogP contribution in [0, 0.1) is 5.92 Å². The van der Waals surface area contributed by atoms with E-state index in [1.54, 1.807) is 0 Å². The Labute approximate surface area is 151 Å². The summed E-state index contributed by atoms with van der Waals surface area (Å²) >= 11 is 0. The van der Waals surface area contributed by atoms with Gasteiger partial charge in [0.25, 0.3) is 5.91 Å². The average molecular weight is 345 g/mol. The van der Waals surface area contributed by atoms with Crippen LogP contribution >= 0.6 is 0 Å². The number of aliphatic hydroxyl groups is 1. The van der Waals surface area contributed by atoms with Crippen molar-refractivity contribution in [3.63, 3.8) is 0 Å². The second-order valence-electron chi connectivity index (χ2n) is 7.56. The van der Waals surface area contributed by atoms with E-state index in [0.29, 0.717) is 0 Å². The Kier molecular flexibility index (Phi) is 6.32. The fraction of sp³-hybridized carbons (Fsp3) is 0.650. The van der Waals surface area contributed by atoms with Gasteiger partial charge in [-0.05, 0) is 82.4 Å². The van der Waals surface area contributed by atoms with Crippen molar-refractivity contribution in [3.8, 4) is 0 Å². The van der Waals surface area contributed by atoms with E-state index in [1.165, 1.54) is 25.9 Å². The van der Waals surface area contributed by atoms with E-state index >= 15 is 0 Å². The summed E-state index contributed by atoms with van der Waals surface area (Å²) in [5, 5.41) is 12.7. The molecule has 5 heteroatoms. The molecule has 5 nitrogen and oxygen atoms in total. The van der Waals surface area contributed by atoms with Crippen molar-refractivity contribution in [1.82, 2.24) is 10.2 Å². The standard InChI is InChI=1S/C20H31N3O2/c1-22-12-7-16(8-13-22)6-11-21-20(25)17-2-4-18(5-3-17)23-14-9-19(24)10-15-23/h2-5,16,19,24H,6-15H2,1H3,(H,21,25). The molecule has 0 unspecified atom stereocenters. The number of piperidine rings is 2. The molecule has 1 amide bonds. The average Bonchev–Trinajstić information content (AvgIpc) is 2.64. The summed E-state index contributed by atoms with van der Waals surface area (Å²) in [6.45, 7) is 4.87. The van der Waals surface area contributed by atoms with Crippen molar-refractivity contribution in [1.29, 1.82) is 0 Å². The van der Waals surface area contributed by atoms with Crippen LogP contribution in [0.15, 0.2) is 24.3 Å². The number of amides is 1. The highest BCUT2D eigenvalue weighted by atomic mass is 16.3. The maximum absolute atomic E-state index is 12.3. The second-order valence-corrected chi connectivity index (χ2v) is 7.56. The van der Waals surface area contributed by atoms with E-state index in [9.17, 15) is 9.90 Å². The van der Waals surface area contributed by atoms with Gasteiger partial charge in [0.15, 0.2) is 0 Å². The van der Waals surface area contributed by atoms with Crippen molar-refractivity contribution in [2.45, 2.75) is 38.2 Å². The van der Waals surface area contributed by atoms with Crippen LogP contribution in [-0.2, 0) is 0 Å². The predicted octanol–water partition coefficient (Wildman–Crippen LogP) is 2.11. The van der Waals surface area contributed by atoms with Gasteiger partial charge in [-0.25, -0.2) is 0 Å². The quantitative estimate of drug-likeness (QED) is 0.858. The van der Waals surface area contributed by atoms with Crippen LogP contribution in [-0.4, -0.2) is 61.8 Å². The van der Waals surface area contributed by atoms with Crippen LogP contribution in [0.5, 0.6) is 0 Å². The molecule has 0 spiro atoms. The smallest absolute Gasteiger partial charge is 0.251 e. The first-order valence-electron chi connectivity index (χ1n) is 9.61. The number of nitrogens with one attached hydrogen (secondary N) is 1. The van der Waals surface area contributed by atoms with Gasteiger partial charge in [-0.2, -0.15) is 0 Å². The van der Waals surface area contributed by atoms with Gasteiger partial charge in [-0.1, -0.05) is 0 Å². The normalized spacial score (nSPS) is 20.6. The lowest BCUT2D eigenvalue weighted by Crippen LogP contribution is -2.35. The zero-order valence-electron chi connectivity index (χ0n) is 15.3. The zero-order valence-corrected chi connectivity index (χ0v) is 15.3. The van der Waals surface area contributed by atoms with Gasteiger partial charge in [0, 0.05) is 30.9 Å². The number of anilines is 1. The van der Waals surface area contributed by atoms with Gasteiger partial charge < -0.3 is 20.2 Å². The van der Waals surface area contributed by atoms with Crippen LogP contribution in [0.2, 0.25) is 0 Å². The maximum atomic E-state index is 12.3. The Balaban J connectivity index is 1.43. The largest absolute Gasteiger partial charge is 0.393 e. The molecule has 0 atom stereocenters. The Bertz CT molecular complexity index is 545. The molecular formula is C20H31N3O2. The highest BCUT2D eigenvalue weighted by Gasteiger charge is 2.18. The number of likely N-dealkylation sites (tertiary alicyclic amines) is 1. The lowest BCUT2D eigenvalue weighted by atomic mass is 9.94. The second kappa shape index (κ2) is 8.68. The van der Waals surface area contributed by atoms with E-state index in [4.69, 9.17) is 0 Å². The minimum Gasteiger partial charge on any atom is -0.393 e. The van der Waals surface area contributed by atoms with Gasteiger partial charge >= 0.3 is 0 Å². The van der Waals surface area contributed by atoms with Crippen molar-refractivity contribution in [2.75, 3.05) is 44.7 Å². The van der Waals surface area contributed by atoms with Crippen LogP contribution in [0.1, 0.15) is 42.5 Å². The van der Waals surface area contributed by atoms with Gasteiger partial charge in [-0.15, -0.1) is 0 Å². The molecule has 0 bridgehead atoms. The van der Waals surface area contributed by atoms with Crippen LogP contribution in [0.3, 0.4) is 0 Å². The molecule has 2 fully saturated rings. The Morgan fingerprint density at radius 2 is 1.72 bits per heavy atom. The molecule has 1 aromatic rings. The van der Waals surface area contributed by atoms with Crippen molar-refractivity contribution >= 4 is 11.6 Å². The van der Waals surface area contributed by atoms with Crippen LogP contribution in [0.4, 0.5) is 5.69 Å². The fourth-order valence-electron chi connectivity index (χ4n) is 3.79. The molecule has 2 saturated heterocycles. The first-order valence-corrected chi connectivity index (χ1v) is 9.61. The van der Waals surface area contributed by atoms with Gasteiger partial charge in [0.05, 0.1) is 6.10 Å². The summed E-state index contributed by atoms with van der Waals surface area (Å²) in [6.07, 6.45) is 5.04. The molecule has 2 heterocycles. The Hall–Kier alpha value is -1.59. The molecule has 0 aliphatic carbocycles. The van der Waals surface area contributed by atoms with E-state index in [-0.39, 0.29) is 12.0 Å². The molecule has 0 radical (unpaired) electrons. The number of nitrogens with zero attached hydrogens (tertiary/aromatic N) is 2. The lowest BCUT2D eigenvalue weighted by Gasteiger charge is -2.31. The molecule has 25 heavy (non-hydrogen) atoms. The summed E-state index contributed by atoms with van der Waals surface area (Å²) < 4.78 is 0. The Morgan fingerprint density at radius 3 is 2.36 bits per heavy atom. The third-order valence-corrected chi connectivity index (χ3v) is 5.64. The predicted molar refractivity (Wildman–Crippen MR) is 101 cm³/mol. The SMILES string of the molecule is CN1CCC(CCNC(=O)c2ccc(N3CCC(O)CC3)cc2)CC1. The highest BCUT2D eigenvalue weighted by Crippen LogP contribution is 2.21. The number of aliphatic hydroxyl groups excluding tert-OH is 1. The summed E-state index contributed by atoms with van der Waals surface area (Å²) in [7, 11) is 2.17. The first-order chi connectivity index (χ1) is 12.1. The number of hydrogen-bond acceptors (Lipinski definition) is 4. The minimum atomic E-state index is -0.161. The van der Waals surface area contributed by atoms with Gasteiger partial charge in [0.2, 0.25) is 0 Å². The van der Waals surface area contributed by atoms with Crippen molar-refractivity contribution in [3.05, 3.63) is 29.8 Å². The number of hydrogen-bond donors (Lipinski definition) is 2. The minimum absolute atomic E-state index is 0.0218. The third-order valence-electron chi connectivity index (χ3n) is 5.64. The molecule has 2 N–H and O–H groups in total. The summed E-state index contributed by atoms with van der Waals surface area (Å²) in [5.74, 6) is 0.766. The molecule has 2 aliphatic rings. The zero-order chi connectivity index (χ0) is 17.6. The van der Waals surface area contributed by atoms with E-state index in [0.717, 1.165) is 56.1 Å². The Morgan fingerprint density at radius 1 is 1.08 bits per heavy atom. The molecule has 0 aromatic heterocycles. The number of benzene rings is 1. The summed E-state index contributed by atoms with van der Waals surface area (Å²) in [5.41, 5.74) is 1.86. The highest BCUT2D eigenvalue weighted by molar-refractivity contribution is 5.94. The number of carbonyl (C=O) groups is 1. The van der Waals surface area contributed by atoms with Gasteiger partial charge in [-0.3, -0.25) is 4.79 Å². The van der Waals surface area contributed by atoms with E-state index in [2.05, 4.69) is 22.2 Å². The number of carbonyl (C=O) groups excluding carboxylic acids is 1. The number of rotatable bonds is 5. The summed E-state index contributed by atoms with van der Waals surface area (Å²) in [6, 6.07) is 7.85. The topological polar surface area (TPSA) is 55.8 Å².